The smallest absolute Gasteiger partial charge is 0.314 e. The number of nitrogens with zero attached hydrogens (tertiary/aromatic N) is 2. The van der Waals surface area contributed by atoms with Crippen LogP contribution < -0.4 is 0 Å². The van der Waals surface area contributed by atoms with Crippen molar-refractivity contribution in [3.63, 3.8) is 0 Å². The number of carbonyl (C=O) groups is 2. The Hall–Kier alpha value is -2.63. The molecule has 0 radical (unpaired) electrons. The third-order valence-corrected chi connectivity index (χ3v) is 5.94. The Morgan fingerprint density at radius 2 is 2.03 bits per heavy atom. The number of esters is 1. The Morgan fingerprint density at radius 1 is 1.28 bits per heavy atom. The zero-order chi connectivity index (χ0) is 20.4. The molecule has 1 saturated heterocycles. The molecule has 29 heavy (non-hydrogen) atoms. The zero-order valence-corrected chi connectivity index (χ0v) is 17.1. The molecule has 2 aromatic rings. The van der Waals surface area contributed by atoms with Crippen LogP contribution in [0.3, 0.4) is 0 Å². The summed E-state index contributed by atoms with van der Waals surface area (Å²) in [5.74, 6) is 0.721. The summed E-state index contributed by atoms with van der Waals surface area (Å²) in [6, 6.07) is 9.98. The van der Waals surface area contributed by atoms with E-state index in [1.54, 1.807) is 0 Å². The highest BCUT2D eigenvalue weighted by Crippen LogP contribution is 2.39. The van der Waals surface area contributed by atoms with Crippen molar-refractivity contribution in [2.45, 2.75) is 46.0 Å². The lowest BCUT2D eigenvalue weighted by molar-refractivity contribution is -0.161. The van der Waals surface area contributed by atoms with Crippen LogP contribution in [0.1, 0.15) is 43.9 Å². The number of hydrogen-bond acceptors (Lipinski definition) is 5. The average molecular weight is 396 g/mol. The van der Waals surface area contributed by atoms with Gasteiger partial charge in [0.25, 0.3) is 0 Å². The van der Waals surface area contributed by atoms with E-state index in [1.165, 1.54) is 5.56 Å². The monoisotopic (exact) mass is 396 g/mol. The van der Waals surface area contributed by atoms with Gasteiger partial charge < -0.3 is 14.2 Å². The third kappa shape index (κ3) is 4.21. The molecule has 1 aromatic carbocycles. The number of ether oxygens (including phenoxy) is 1. The summed E-state index contributed by atoms with van der Waals surface area (Å²) in [5.41, 5.74) is 2.13. The van der Waals surface area contributed by atoms with Crippen LogP contribution in [-0.4, -0.2) is 41.6 Å². The van der Waals surface area contributed by atoms with Crippen LogP contribution in [0.25, 0.3) is 11.3 Å². The lowest BCUT2D eigenvalue weighted by Gasteiger charge is -2.40. The van der Waals surface area contributed by atoms with Gasteiger partial charge >= 0.3 is 5.97 Å². The number of benzene rings is 1. The van der Waals surface area contributed by atoms with Crippen molar-refractivity contribution in [2.75, 3.05) is 19.7 Å². The summed E-state index contributed by atoms with van der Waals surface area (Å²) in [6.45, 7) is 5.27. The maximum Gasteiger partial charge on any atom is 0.314 e. The summed E-state index contributed by atoms with van der Waals surface area (Å²) in [7, 11) is 0. The molecule has 1 aliphatic heterocycles. The Kier molecular flexibility index (Phi) is 5.43. The highest BCUT2D eigenvalue weighted by Gasteiger charge is 2.47. The van der Waals surface area contributed by atoms with Gasteiger partial charge in [0, 0.05) is 37.1 Å². The van der Waals surface area contributed by atoms with E-state index >= 15 is 0 Å². The Bertz CT molecular complexity index is 885. The summed E-state index contributed by atoms with van der Waals surface area (Å²) >= 11 is 0. The van der Waals surface area contributed by atoms with Gasteiger partial charge in [-0.25, -0.2) is 0 Å². The SMILES string of the molecule is CCOC(=O)[C@@]1(Cc2cc(-c3ccc(C)cc3)no2)CCCN(C(=O)C2CC2)C1. The fourth-order valence-corrected chi connectivity index (χ4v) is 4.17. The molecule has 6 nitrogen and oxygen atoms in total. The summed E-state index contributed by atoms with van der Waals surface area (Å²) in [4.78, 5) is 27.5. The van der Waals surface area contributed by atoms with Gasteiger partial charge in [-0.2, -0.15) is 0 Å². The molecular formula is C23H28N2O4. The molecule has 1 aliphatic carbocycles. The molecule has 6 heteroatoms. The van der Waals surface area contributed by atoms with Crippen molar-refractivity contribution in [3.8, 4) is 11.3 Å². The first-order valence-corrected chi connectivity index (χ1v) is 10.5. The molecule has 154 valence electrons. The maximum absolute atomic E-state index is 13.0. The first-order chi connectivity index (χ1) is 14.0. The highest BCUT2D eigenvalue weighted by molar-refractivity contribution is 5.83. The van der Waals surface area contributed by atoms with Crippen molar-refractivity contribution in [1.82, 2.24) is 10.1 Å². The van der Waals surface area contributed by atoms with Gasteiger partial charge in [0.1, 0.15) is 11.5 Å². The van der Waals surface area contributed by atoms with Crippen molar-refractivity contribution >= 4 is 11.9 Å². The van der Waals surface area contributed by atoms with E-state index in [9.17, 15) is 9.59 Å². The van der Waals surface area contributed by atoms with Gasteiger partial charge in [0.15, 0.2) is 0 Å². The quantitative estimate of drug-likeness (QED) is 0.695. The predicted octanol–water partition coefficient (Wildman–Crippen LogP) is 3.77. The average Bonchev–Trinajstić information content (AvgIpc) is 3.48. The van der Waals surface area contributed by atoms with E-state index in [1.807, 2.05) is 49.1 Å². The maximum atomic E-state index is 13.0. The van der Waals surface area contributed by atoms with Crippen LogP contribution in [0, 0.1) is 18.3 Å². The van der Waals surface area contributed by atoms with Crippen LogP contribution in [0.4, 0.5) is 0 Å². The summed E-state index contributed by atoms with van der Waals surface area (Å²) in [6.07, 6.45) is 3.78. The zero-order valence-electron chi connectivity index (χ0n) is 17.1. The van der Waals surface area contributed by atoms with E-state index in [4.69, 9.17) is 9.26 Å². The standard InChI is InChI=1S/C23H28N2O4/c1-3-28-22(27)23(11-4-12-25(15-23)21(26)18-9-10-18)14-19-13-20(24-29-19)17-7-5-16(2)6-8-17/h5-8,13,18H,3-4,9-12,14-15H2,1-2H3/t23-/m1/s1. The Labute approximate surface area is 171 Å². The minimum Gasteiger partial charge on any atom is -0.466 e. The van der Waals surface area contributed by atoms with Crippen LogP contribution >= 0.6 is 0 Å². The van der Waals surface area contributed by atoms with Gasteiger partial charge in [0.05, 0.1) is 12.0 Å². The third-order valence-electron chi connectivity index (χ3n) is 5.94. The van der Waals surface area contributed by atoms with Gasteiger partial charge in [-0.15, -0.1) is 0 Å². The number of aryl methyl sites for hydroxylation is 1. The van der Waals surface area contributed by atoms with Crippen molar-refractivity contribution in [1.29, 1.82) is 0 Å². The van der Waals surface area contributed by atoms with E-state index in [-0.39, 0.29) is 17.8 Å². The van der Waals surface area contributed by atoms with Crippen LogP contribution in [0.5, 0.6) is 0 Å². The Morgan fingerprint density at radius 3 is 2.72 bits per heavy atom. The molecule has 1 atom stereocenters. The van der Waals surface area contributed by atoms with E-state index < -0.39 is 5.41 Å². The molecule has 1 aromatic heterocycles. The van der Waals surface area contributed by atoms with E-state index in [2.05, 4.69) is 5.16 Å². The summed E-state index contributed by atoms with van der Waals surface area (Å²) < 4.78 is 11.0. The first-order valence-electron chi connectivity index (χ1n) is 10.5. The molecule has 2 aliphatic rings. The minimum atomic E-state index is -0.775. The van der Waals surface area contributed by atoms with Gasteiger partial charge in [0.2, 0.25) is 5.91 Å². The van der Waals surface area contributed by atoms with Crippen LogP contribution in [-0.2, 0) is 20.7 Å². The largest absolute Gasteiger partial charge is 0.466 e. The second-order valence-corrected chi connectivity index (χ2v) is 8.36. The van der Waals surface area contributed by atoms with E-state index in [0.29, 0.717) is 38.3 Å². The molecule has 2 heterocycles. The fourth-order valence-electron chi connectivity index (χ4n) is 4.17. The van der Waals surface area contributed by atoms with Crippen LogP contribution in [0.15, 0.2) is 34.9 Å². The molecule has 1 amide bonds. The molecular weight excluding hydrogens is 368 g/mol. The second kappa shape index (κ2) is 8.01. The van der Waals surface area contributed by atoms with Crippen molar-refractivity contribution < 1.29 is 18.8 Å². The first kappa shape index (κ1) is 19.7. The lowest BCUT2D eigenvalue weighted by Crippen LogP contribution is -2.52. The highest BCUT2D eigenvalue weighted by atomic mass is 16.5. The number of piperidine rings is 1. The summed E-state index contributed by atoms with van der Waals surface area (Å²) in [5, 5.41) is 4.20. The predicted molar refractivity (Wildman–Crippen MR) is 108 cm³/mol. The van der Waals surface area contributed by atoms with E-state index in [0.717, 1.165) is 30.5 Å². The molecule has 0 bridgehead atoms. The van der Waals surface area contributed by atoms with Crippen LogP contribution in [0.2, 0.25) is 0 Å². The van der Waals surface area contributed by atoms with Gasteiger partial charge in [-0.3, -0.25) is 9.59 Å². The normalized spacial score (nSPS) is 21.8. The van der Waals surface area contributed by atoms with Gasteiger partial charge in [-0.05, 0) is 39.5 Å². The Balaban J connectivity index is 1.56. The molecule has 1 saturated carbocycles. The number of hydrogen-bond donors (Lipinski definition) is 0. The van der Waals surface area contributed by atoms with Crippen molar-refractivity contribution in [3.05, 3.63) is 41.7 Å². The molecule has 2 fully saturated rings. The number of amides is 1. The second-order valence-electron chi connectivity index (χ2n) is 8.36. The molecule has 0 spiro atoms. The number of aromatic nitrogens is 1. The number of likely N-dealkylation sites (tertiary alicyclic amines) is 1. The molecule has 0 unspecified atom stereocenters. The lowest BCUT2D eigenvalue weighted by atomic mass is 9.76. The minimum absolute atomic E-state index is 0.145. The molecule has 0 N–H and O–H groups in total. The topological polar surface area (TPSA) is 72.6 Å². The number of rotatable bonds is 6. The number of carbonyl (C=O) groups excluding carboxylic acids is 2. The fraction of sp³-hybridized carbons (Fsp3) is 0.522. The van der Waals surface area contributed by atoms with Gasteiger partial charge in [-0.1, -0.05) is 35.0 Å². The molecule has 4 rings (SSSR count). The van der Waals surface area contributed by atoms with Crippen molar-refractivity contribution in [2.24, 2.45) is 11.3 Å².